The van der Waals surface area contributed by atoms with Gasteiger partial charge in [-0.25, -0.2) is 19.3 Å². The van der Waals surface area contributed by atoms with Crippen LogP contribution in [0.3, 0.4) is 0 Å². The number of nitrogens with zero attached hydrogens (tertiary/aromatic N) is 7. The van der Waals surface area contributed by atoms with Gasteiger partial charge in [-0.2, -0.15) is 5.10 Å². The number of amides is 2. The molecule has 12 heteroatoms. The lowest BCUT2D eigenvalue weighted by atomic mass is 10.1. The lowest BCUT2D eigenvalue weighted by molar-refractivity contribution is -0.134. The highest BCUT2D eigenvalue weighted by Crippen LogP contribution is 2.29. The van der Waals surface area contributed by atoms with E-state index >= 15 is 0 Å². The number of hydrogen-bond donors (Lipinski definition) is 2. The van der Waals surface area contributed by atoms with E-state index in [1.165, 1.54) is 12.1 Å². The highest BCUT2D eigenvalue weighted by atomic mass is 19.1. The summed E-state index contributed by atoms with van der Waals surface area (Å²) in [6.07, 6.45) is 5.89. The Bertz CT molecular complexity index is 1850. The summed E-state index contributed by atoms with van der Waals surface area (Å²) in [6, 6.07) is 17.5. The molecule has 0 radical (unpaired) electrons. The van der Waals surface area contributed by atoms with Crippen LogP contribution >= 0.6 is 0 Å². The van der Waals surface area contributed by atoms with Gasteiger partial charge in [0.05, 0.1) is 23.7 Å². The molecule has 2 aliphatic heterocycles. The Balaban J connectivity index is 0.917. The number of piperazine rings is 1. The number of likely N-dealkylation sites (tertiary alicyclic amines) is 1. The Morgan fingerprint density at radius 3 is 2.52 bits per heavy atom. The number of pyridine rings is 1. The Morgan fingerprint density at radius 1 is 0.957 bits per heavy atom. The maximum atomic E-state index is 13.4. The number of fused-ring (bicyclic) bond motifs is 1. The zero-order chi connectivity index (χ0) is 31.6. The summed E-state index contributed by atoms with van der Waals surface area (Å²) in [7, 11) is 0. The van der Waals surface area contributed by atoms with E-state index < -0.39 is 0 Å². The molecular weight excluding hydrogens is 585 g/mol. The van der Waals surface area contributed by atoms with Gasteiger partial charge in [0.2, 0.25) is 11.8 Å². The highest BCUT2D eigenvalue weighted by molar-refractivity contribution is 5.99. The van der Waals surface area contributed by atoms with Gasteiger partial charge in [0, 0.05) is 73.0 Å². The zero-order valence-corrected chi connectivity index (χ0v) is 25.4. The zero-order valence-electron chi connectivity index (χ0n) is 25.4. The molecule has 3 aromatic heterocycles. The van der Waals surface area contributed by atoms with Crippen molar-refractivity contribution in [1.82, 2.24) is 34.9 Å². The van der Waals surface area contributed by atoms with Crippen LogP contribution in [0.25, 0.3) is 33.5 Å². The molecule has 5 heterocycles. The molecule has 2 atom stereocenters. The lowest BCUT2D eigenvalue weighted by Crippen LogP contribution is -2.56. The van der Waals surface area contributed by atoms with Crippen LogP contribution in [-0.2, 0) is 9.59 Å². The van der Waals surface area contributed by atoms with Crippen LogP contribution < -0.4 is 10.2 Å². The molecule has 1 unspecified atom stereocenters. The number of rotatable bonds is 7. The number of hydrogen-bond acceptors (Lipinski definition) is 8. The summed E-state index contributed by atoms with van der Waals surface area (Å²) in [6.45, 7) is 5.57. The molecule has 2 aliphatic rings. The summed E-state index contributed by atoms with van der Waals surface area (Å²) >= 11 is 0. The fourth-order valence-corrected chi connectivity index (χ4v) is 6.33. The predicted octanol–water partition coefficient (Wildman–Crippen LogP) is 4.22. The molecule has 46 heavy (non-hydrogen) atoms. The van der Waals surface area contributed by atoms with Crippen LogP contribution in [0.5, 0.6) is 0 Å². The minimum atomic E-state index is -0.309. The Hall–Kier alpha value is -5.23. The summed E-state index contributed by atoms with van der Waals surface area (Å²) in [4.78, 5) is 46.0. The van der Waals surface area contributed by atoms with E-state index in [0.717, 1.165) is 27.8 Å². The molecule has 2 saturated heterocycles. The first-order valence-corrected chi connectivity index (χ1v) is 15.5. The first-order valence-electron chi connectivity index (χ1n) is 15.5. The predicted molar refractivity (Wildman–Crippen MR) is 173 cm³/mol. The fraction of sp³-hybridized carbons (Fsp3) is 0.294. The number of H-pyrrole nitrogens is 1. The van der Waals surface area contributed by atoms with Gasteiger partial charge in [0.15, 0.2) is 5.82 Å². The molecule has 0 saturated carbocycles. The fourth-order valence-electron chi connectivity index (χ4n) is 6.33. The smallest absolute Gasteiger partial charge is 0.237 e. The standard InChI is InChI=1S/C34H34FN9O2/c1-22-19-43(30-10-5-24(18-38-30)33-36-12-2-13-37-33)15-16-44(22)31(45)21-42-14-11-25(20-42)34(46)39-27-8-9-29-28(17-27)32(41-40-29)23-3-6-26(35)7-4-23/h2-10,12-13,17-18,22,25H,11,14-16,19-21H2,1H3,(H,39,46)(H,40,41)/t22-,25?/m1/s1. The minimum Gasteiger partial charge on any atom is -0.353 e. The average Bonchev–Trinajstić information content (AvgIpc) is 3.73. The Labute approximate surface area is 265 Å². The van der Waals surface area contributed by atoms with Crippen LogP contribution in [0, 0.1) is 11.7 Å². The summed E-state index contributed by atoms with van der Waals surface area (Å²) in [5.41, 5.74) is 3.83. The second kappa shape index (κ2) is 12.6. The summed E-state index contributed by atoms with van der Waals surface area (Å²) in [5.74, 6) is 0.993. The quantitative estimate of drug-likeness (QED) is 0.278. The molecule has 0 bridgehead atoms. The van der Waals surface area contributed by atoms with Gasteiger partial charge >= 0.3 is 0 Å². The second-order valence-electron chi connectivity index (χ2n) is 11.9. The SMILES string of the molecule is C[C@@H]1CN(c2ccc(-c3ncccn3)cn2)CCN1C(=O)CN1CCC(C(=O)Nc2ccc3[nH]nc(-c4ccc(F)cc4)c3c2)C1. The first-order chi connectivity index (χ1) is 22.4. The second-order valence-corrected chi connectivity index (χ2v) is 11.9. The molecule has 5 aromatic rings. The Morgan fingerprint density at radius 2 is 1.76 bits per heavy atom. The number of halogens is 1. The number of benzene rings is 2. The van der Waals surface area contributed by atoms with Crippen molar-refractivity contribution in [3.63, 3.8) is 0 Å². The normalized spacial score (nSPS) is 18.7. The maximum Gasteiger partial charge on any atom is 0.237 e. The lowest BCUT2D eigenvalue weighted by Gasteiger charge is -2.41. The topological polar surface area (TPSA) is 123 Å². The van der Waals surface area contributed by atoms with E-state index in [1.54, 1.807) is 36.8 Å². The molecule has 0 spiro atoms. The van der Waals surface area contributed by atoms with Gasteiger partial charge in [-0.3, -0.25) is 19.6 Å². The molecular formula is C34H34FN9O2. The largest absolute Gasteiger partial charge is 0.353 e. The monoisotopic (exact) mass is 619 g/mol. The number of aromatic amines is 1. The molecule has 2 amide bonds. The number of anilines is 2. The van der Waals surface area contributed by atoms with Crippen LogP contribution in [0.2, 0.25) is 0 Å². The van der Waals surface area contributed by atoms with E-state index in [2.05, 4.69) is 47.2 Å². The molecule has 0 aliphatic carbocycles. The van der Waals surface area contributed by atoms with Crippen molar-refractivity contribution in [2.45, 2.75) is 19.4 Å². The van der Waals surface area contributed by atoms with Crippen molar-refractivity contribution < 1.29 is 14.0 Å². The van der Waals surface area contributed by atoms with Crippen molar-refractivity contribution in [3.05, 3.63) is 85.1 Å². The van der Waals surface area contributed by atoms with Gasteiger partial charge < -0.3 is 15.1 Å². The number of aromatic nitrogens is 5. The number of nitrogens with one attached hydrogen (secondary N) is 2. The highest BCUT2D eigenvalue weighted by Gasteiger charge is 2.33. The van der Waals surface area contributed by atoms with Crippen LogP contribution in [-0.4, -0.2) is 92.1 Å². The van der Waals surface area contributed by atoms with Crippen molar-refractivity contribution in [2.24, 2.45) is 5.92 Å². The van der Waals surface area contributed by atoms with Crippen LogP contribution in [0.15, 0.2) is 79.3 Å². The molecule has 234 valence electrons. The van der Waals surface area contributed by atoms with Gasteiger partial charge in [-0.1, -0.05) is 0 Å². The van der Waals surface area contributed by atoms with Gasteiger partial charge in [-0.05, 0) is 80.6 Å². The molecule has 11 nitrogen and oxygen atoms in total. The van der Waals surface area contributed by atoms with Crippen molar-refractivity contribution in [1.29, 1.82) is 0 Å². The van der Waals surface area contributed by atoms with Gasteiger partial charge in [0.25, 0.3) is 0 Å². The third kappa shape index (κ3) is 6.16. The van der Waals surface area contributed by atoms with Gasteiger partial charge in [0.1, 0.15) is 11.6 Å². The third-order valence-electron chi connectivity index (χ3n) is 8.79. The molecule has 7 rings (SSSR count). The van der Waals surface area contributed by atoms with Crippen molar-refractivity contribution in [3.8, 4) is 22.6 Å². The van der Waals surface area contributed by atoms with E-state index in [1.807, 2.05) is 35.2 Å². The van der Waals surface area contributed by atoms with Crippen molar-refractivity contribution in [2.75, 3.05) is 49.5 Å². The number of carbonyl (C=O) groups excluding carboxylic acids is 2. The molecule has 2 N–H and O–H groups in total. The minimum absolute atomic E-state index is 0.0273. The van der Waals surface area contributed by atoms with E-state index in [9.17, 15) is 14.0 Å². The third-order valence-corrected chi connectivity index (χ3v) is 8.79. The van der Waals surface area contributed by atoms with E-state index in [0.29, 0.717) is 62.9 Å². The van der Waals surface area contributed by atoms with Crippen molar-refractivity contribution >= 4 is 34.2 Å². The molecule has 2 fully saturated rings. The molecule has 2 aromatic carbocycles. The summed E-state index contributed by atoms with van der Waals surface area (Å²) < 4.78 is 13.4. The van der Waals surface area contributed by atoms with Crippen LogP contribution in [0.1, 0.15) is 13.3 Å². The van der Waals surface area contributed by atoms with Crippen LogP contribution in [0.4, 0.5) is 15.9 Å². The summed E-state index contributed by atoms with van der Waals surface area (Å²) in [5, 5.41) is 11.3. The van der Waals surface area contributed by atoms with E-state index in [4.69, 9.17) is 0 Å². The first kappa shape index (κ1) is 29.5. The maximum absolute atomic E-state index is 13.4. The Kier molecular flexibility index (Phi) is 8.10. The number of carbonyl (C=O) groups is 2. The van der Waals surface area contributed by atoms with Gasteiger partial charge in [-0.15, -0.1) is 0 Å². The van der Waals surface area contributed by atoms with E-state index in [-0.39, 0.29) is 29.6 Å². The average molecular weight is 620 g/mol.